The van der Waals surface area contributed by atoms with Crippen molar-refractivity contribution in [2.45, 2.75) is 13.3 Å². The maximum Gasteiger partial charge on any atom is 0.273 e. The molecule has 8 heteroatoms. The molecule has 0 atom stereocenters. The molecule has 0 unspecified atom stereocenters. The van der Waals surface area contributed by atoms with Crippen LogP contribution in [0.3, 0.4) is 0 Å². The summed E-state index contributed by atoms with van der Waals surface area (Å²) in [6, 6.07) is 13.0. The van der Waals surface area contributed by atoms with Crippen molar-refractivity contribution < 1.29 is 23.9 Å². The number of hydrogen-bond acceptors (Lipinski definition) is 5. The molecule has 0 aliphatic heterocycles. The van der Waals surface area contributed by atoms with Gasteiger partial charge in [0.25, 0.3) is 11.8 Å². The first-order chi connectivity index (χ1) is 13.5. The number of benzene rings is 2. The third-order valence-corrected chi connectivity index (χ3v) is 3.72. The number of hydrazine groups is 1. The van der Waals surface area contributed by atoms with Crippen molar-refractivity contribution in [1.29, 1.82) is 0 Å². The predicted octanol–water partition coefficient (Wildman–Crippen LogP) is 2.14. The third-order valence-electron chi connectivity index (χ3n) is 3.72. The Morgan fingerprint density at radius 3 is 2.25 bits per heavy atom. The number of anilines is 1. The molecule has 8 nitrogen and oxygen atoms in total. The standard InChI is InChI=1S/C20H23N3O5/c1-3-18(24)21-15-10-8-14(9-11-15)19(25)22-23-20(26)16-6-4-5-7-17(16)28-13-12-27-2/h4-11H,3,12-13H2,1-2H3,(H,21,24)(H,22,25)(H,23,26). The largest absolute Gasteiger partial charge is 0.490 e. The van der Waals surface area contributed by atoms with E-state index in [9.17, 15) is 14.4 Å². The SMILES string of the molecule is CCC(=O)Nc1ccc(C(=O)NNC(=O)c2ccccc2OCCOC)cc1. The summed E-state index contributed by atoms with van der Waals surface area (Å²) in [5.74, 6) is -0.717. The van der Waals surface area contributed by atoms with Crippen molar-refractivity contribution in [3.05, 3.63) is 59.7 Å². The summed E-state index contributed by atoms with van der Waals surface area (Å²) in [6.07, 6.45) is 0.366. The molecular weight excluding hydrogens is 362 g/mol. The number of para-hydroxylation sites is 1. The van der Waals surface area contributed by atoms with Gasteiger partial charge in [-0.15, -0.1) is 0 Å². The van der Waals surface area contributed by atoms with Gasteiger partial charge in [0, 0.05) is 24.8 Å². The van der Waals surface area contributed by atoms with Gasteiger partial charge in [-0.1, -0.05) is 19.1 Å². The summed E-state index contributed by atoms with van der Waals surface area (Å²) in [5.41, 5.74) is 5.93. The minimum Gasteiger partial charge on any atom is -0.490 e. The van der Waals surface area contributed by atoms with Crippen LogP contribution in [0, 0.1) is 0 Å². The average Bonchev–Trinajstić information content (AvgIpc) is 2.72. The van der Waals surface area contributed by atoms with Crippen LogP contribution >= 0.6 is 0 Å². The van der Waals surface area contributed by atoms with Crippen LogP contribution < -0.4 is 20.9 Å². The Labute approximate surface area is 163 Å². The van der Waals surface area contributed by atoms with Crippen LogP contribution in [0.5, 0.6) is 5.75 Å². The Bertz CT molecular complexity index is 821. The number of nitrogens with one attached hydrogen (secondary N) is 3. The van der Waals surface area contributed by atoms with E-state index >= 15 is 0 Å². The number of rotatable bonds is 8. The van der Waals surface area contributed by atoms with E-state index in [-0.39, 0.29) is 11.5 Å². The molecule has 2 aromatic carbocycles. The van der Waals surface area contributed by atoms with Gasteiger partial charge in [0.2, 0.25) is 5.91 Å². The summed E-state index contributed by atoms with van der Waals surface area (Å²) in [5, 5.41) is 2.69. The smallest absolute Gasteiger partial charge is 0.273 e. The molecule has 2 rings (SSSR count). The van der Waals surface area contributed by atoms with Crippen LogP contribution in [0.4, 0.5) is 5.69 Å². The summed E-state index contributed by atoms with van der Waals surface area (Å²) >= 11 is 0. The molecule has 28 heavy (non-hydrogen) atoms. The second-order valence-corrected chi connectivity index (χ2v) is 5.72. The minimum absolute atomic E-state index is 0.115. The Morgan fingerprint density at radius 2 is 1.57 bits per heavy atom. The lowest BCUT2D eigenvalue weighted by atomic mass is 10.2. The highest BCUT2D eigenvalue weighted by atomic mass is 16.5. The van der Waals surface area contributed by atoms with Gasteiger partial charge in [0.05, 0.1) is 12.2 Å². The lowest BCUT2D eigenvalue weighted by Crippen LogP contribution is -2.41. The molecule has 2 aromatic rings. The van der Waals surface area contributed by atoms with Gasteiger partial charge in [-0.05, 0) is 36.4 Å². The fourth-order valence-corrected chi connectivity index (χ4v) is 2.22. The number of amides is 3. The molecular formula is C20H23N3O5. The molecule has 0 aromatic heterocycles. The monoisotopic (exact) mass is 385 g/mol. The molecule has 0 bridgehead atoms. The van der Waals surface area contributed by atoms with Crippen LogP contribution in [0.25, 0.3) is 0 Å². The van der Waals surface area contributed by atoms with Gasteiger partial charge < -0.3 is 14.8 Å². The molecule has 0 aliphatic rings. The normalized spacial score (nSPS) is 10.1. The van der Waals surface area contributed by atoms with Crippen LogP contribution in [0.1, 0.15) is 34.1 Å². The fraction of sp³-hybridized carbons (Fsp3) is 0.250. The lowest BCUT2D eigenvalue weighted by molar-refractivity contribution is -0.115. The Balaban J connectivity index is 1.93. The maximum atomic E-state index is 12.4. The second kappa shape index (κ2) is 10.7. The van der Waals surface area contributed by atoms with E-state index in [2.05, 4.69) is 16.2 Å². The zero-order chi connectivity index (χ0) is 20.4. The topological polar surface area (TPSA) is 106 Å². The van der Waals surface area contributed by atoms with Gasteiger partial charge in [-0.2, -0.15) is 0 Å². The van der Waals surface area contributed by atoms with Gasteiger partial charge in [0.15, 0.2) is 0 Å². The van der Waals surface area contributed by atoms with Crippen molar-refractivity contribution in [2.75, 3.05) is 25.6 Å². The number of methoxy groups -OCH3 is 1. The molecule has 0 heterocycles. The molecule has 0 saturated heterocycles. The van der Waals surface area contributed by atoms with Crippen LogP contribution in [0.2, 0.25) is 0 Å². The Hall–Kier alpha value is -3.39. The predicted molar refractivity (Wildman–Crippen MR) is 104 cm³/mol. The van der Waals surface area contributed by atoms with Crippen molar-refractivity contribution in [3.63, 3.8) is 0 Å². The summed E-state index contributed by atoms with van der Waals surface area (Å²) in [6.45, 7) is 2.44. The van der Waals surface area contributed by atoms with E-state index in [0.29, 0.717) is 36.6 Å². The van der Waals surface area contributed by atoms with E-state index < -0.39 is 11.8 Å². The first kappa shape index (κ1) is 20.9. The van der Waals surface area contributed by atoms with Gasteiger partial charge in [0.1, 0.15) is 12.4 Å². The molecule has 0 aliphatic carbocycles. The molecule has 3 amide bonds. The maximum absolute atomic E-state index is 12.4. The van der Waals surface area contributed by atoms with Gasteiger partial charge in [-0.25, -0.2) is 0 Å². The van der Waals surface area contributed by atoms with E-state index in [4.69, 9.17) is 9.47 Å². The molecule has 0 saturated carbocycles. The highest BCUT2D eigenvalue weighted by Gasteiger charge is 2.13. The summed E-state index contributed by atoms with van der Waals surface area (Å²) < 4.78 is 10.4. The quantitative estimate of drug-likeness (QED) is 0.477. The third kappa shape index (κ3) is 6.10. The molecule has 0 spiro atoms. The first-order valence-corrected chi connectivity index (χ1v) is 8.76. The van der Waals surface area contributed by atoms with Gasteiger partial charge >= 0.3 is 0 Å². The number of ether oxygens (including phenoxy) is 2. The van der Waals surface area contributed by atoms with E-state index in [0.717, 1.165) is 0 Å². The molecule has 0 radical (unpaired) electrons. The average molecular weight is 385 g/mol. The number of carbonyl (C=O) groups is 3. The highest BCUT2D eigenvalue weighted by Crippen LogP contribution is 2.17. The summed E-state index contributed by atoms with van der Waals surface area (Å²) in [7, 11) is 1.56. The van der Waals surface area contributed by atoms with Crippen LogP contribution in [-0.2, 0) is 9.53 Å². The van der Waals surface area contributed by atoms with Crippen molar-refractivity contribution in [1.82, 2.24) is 10.9 Å². The summed E-state index contributed by atoms with van der Waals surface area (Å²) in [4.78, 5) is 35.9. The fourth-order valence-electron chi connectivity index (χ4n) is 2.22. The molecule has 0 fully saturated rings. The highest BCUT2D eigenvalue weighted by molar-refractivity contribution is 6.00. The van der Waals surface area contributed by atoms with Crippen molar-refractivity contribution in [2.24, 2.45) is 0 Å². The molecule has 3 N–H and O–H groups in total. The lowest BCUT2D eigenvalue weighted by Gasteiger charge is -2.12. The zero-order valence-corrected chi connectivity index (χ0v) is 15.8. The number of carbonyl (C=O) groups excluding carboxylic acids is 3. The van der Waals surface area contributed by atoms with E-state index in [1.807, 2.05) is 0 Å². The first-order valence-electron chi connectivity index (χ1n) is 8.76. The van der Waals surface area contributed by atoms with E-state index in [1.54, 1.807) is 62.6 Å². The van der Waals surface area contributed by atoms with Gasteiger partial charge in [-0.3, -0.25) is 25.2 Å². The minimum atomic E-state index is -0.506. The molecule has 148 valence electrons. The Kier molecular flexibility index (Phi) is 7.98. The van der Waals surface area contributed by atoms with Crippen molar-refractivity contribution in [3.8, 4) is 5.75 Å². The van der Waals surface area contributed by atoms with Crippen LogP contribution in [-0.4, -0.2) is 38.0 Å². The van der Waals surface area contributed by atoms with Crippen LogP contribution in [0.15, 0.2) is 48.5 Å². The van der Waals surface area contributed by atoms with E-state index in [1.165, 1.54) is 0 Å². The Morgan fingerprint density at radius 1 is 0.893 bits per heavy atom. The zero-order valence-electron chi connectivity index (χ0n) is 15.8. The second-order valence-electron chi connectivity index (χ2n) is 5.72. The van der Waals surface area contributed by atoms with Crippen molar-refractivity contribution >= 4 is 23.4 Å². The number of hydrogen-bond donors (Lipinski definition) is 3.